The number of carbonyl (C=O) groups is 4. The molecular weight excluding hydrogens is 504 g/mol. The van der Waals surface area contributed by atoms with E-state index in [0.29, 0.717) is 46.1 Å². The minimum absolute atomic E-state index is 0.151. The summed E-state index contributed by atoms with van der Waals surface area (Å²) in [5.41, 5.74) is 2.32. The van der Waals surface area contributed by atoms with Crippen molar-refractivity contribution in [2.24, 2.45) is 0 Å². The number of hydrogen-bond donors (Lipinski definition) is 2. The van der Waals surface area contributed by atoms with Crippen LogP contribution in [0.25, 0.3) is 43.1 Å². The summed E-state index contributed by atoms with van der Waals surface area (Å²) in [5, 5.41) is 13.2. The highest BCUT2D eigenvalue weighted by molar-refractivity contribution is 6.39. The van der Waals surface area contributed by atoms with Crippen LogP contribution < -0.4 is 10.6 Å². The van der Waals surface area contributed by atoms with Crippen LogP contribution in [-0.4, -0.2) is 72.1 Å². The molecule has 0 saturated carbocycles. The van der Waals surface area contributed by atoms with Gasteiger partial charge in [0.25, 0.3) is 0 Å². The van der Waals surface area contributed by atoms with Gasteiger partial charge in [-0.15, -0.1) is 0 Å². The van der Waals surface area contributed by atoms with Gasteiger partial charge in [-0.3, -0.25) is 10.6 Å². The molecule has 8 nitrogen and oxygen atoms in total. The summed E-state index contributed by atoms with van der Waals surface area (Å²) in [5.74, 6) is -0.605. The summed E-state index contributed by atoms with van der Waals surface area (Å²) in [6.07, 6.45) is 1.11. The van der Waals surface area contributed by atoms with Gasteiger partial charge in [-0.1, -0.05) is 24.3 Å². The van der Waals surface area contributed by atoms with Gasteiger partial charge in [-0.2, -0.15) is 8.97 Å². The van der Waals surface area contributed by atoms with Gasteiger partial charge in [-0.05, 0) is 70.7 Å². The van der Waals surface area contributed by atoms with Crippen LogP contribution in [-0.2, 0) is 0 Å². The van der Waals surface area contributed by atoms with Crippen LogP contribution in [0.3, 0.4) is 0 Å². The Kier molecular flexibility index (Phi) is 3.96. The van der Waals surface area contributed by atoms with Crippen molar-refractivity contribution in [1.82, 2.24) is 10.6 Å². The summed E-state index contributed by atoms with van der Waals surface area (Å²) >= 11 is 0. The van der Waals surface area contributed by atoms with Crippen molar-refractivity contribution < 1.29 is 28.1 Å². The highest BCUT2D eigenvalue weighted by Gasteiger charge is 2.62. The standard InChI is InChI=1S/C32H26N4O4/c1-33-23-11-13-35(23)29(37)19-7-3-15-17-5-9-21-28-22(32(40)36(31(21)39)14-12-24(36)34-2)10-6-18(26(17)28)16-4-8-20(30(35)38)27(19)25(15)16/h3-10,23-24,33-34H,11-14H2,1-2H3/q+2. The van der Waals surface area contributed by atoms with Crippen molar-refractivity contribution in [3.8, 4) is 0 Å². The molecule has 0 bridgehead atoms. The van der Waals surface area contributed by atoms with Crippen LogP contribution in [0, 0.1) is 0 Å². The molecule has 8 heteroatoms. The van der Waals surface area contributed by atoms with Crippen LogP contribution in [0.2, 0.25) is 0 Å². The van der Waals surface area contributed by atoms with Crippen molar-refractivity contribution in [2.75, 3.05) is 27.2 Å². The maximum atomic E-state index is 13.9. The lowest BCUT2D eigenvalue weighted by Gasteiger charge is -2.49. The summed E-state index contributed by atoms with van der Waals surface area (Å²) in [6.45, 7) is 0.996. The highest BCUT2D eigenvalue weighted by atomic mass is 16.2. The first-order valence-corrected chi connectivity index (χ1v) is 13.9. The zero-order valence-corrected chi connectivity index (χ0v) is 22.1. The Morgan fingerprint density at radius 1 is 0.500 bits per heavy atom. The fraction of sp³-hybridized carbons (Fsp3) is 0.250. The Morgan fingerprint density at radius 3 is 1.02 bits per heavy atom. The lowest BCUT2D eigenvalue weighted by atomic mass is 9.80. The maximum Gasteiger partial charge on any atom is 0.355 e. The van der Waals surface area contributed by atoms with Gasteiger partial charge in [0, 0.05) is 10.8 Å². The first kappa shape index (κ1) is 22.7. The van der Waals surface area contributed by atoms with E-state index in [0.717, 1.165) is 45.2 Å². The van der Waals surface area contributed by atoms with E-state index in [9.17, 15) is 19.2 Å². The monoisotopic (exact) mass is 530 g/mol. The Hall–Kier alpha value is -4.08. The van der Waals surface area contributed by atoms with Crippen molar-refractivity contribution in [3.05, 3.63) is 70.8 Å². The number of rotatable bonds is 2. The van der Waals surface area contributed by atoms with Crippen molar-refractivity contribution >= 4 is 66.7 Å². The SMILES string of the molecule is CNC1CC[N+]12C(=O)c1ccc3c4ccc5c6c(ccc(c7ccc(c1c37)C2=O)c64)C(=O)[N+]1(CCC1NC)C5=O. The number of amides is 4. The molecule has 2 fully saturated rings. The molecule has 40 heavy (non-hydrogen) atoms. The Balaban J connectivity index is 1.38. The second-order valence-electron chi connectivity index (χ2n) is 11.7. The predicted octanol–water partition coefficient (Wildman–Crippen LogP) is 3.86. The average Bonchev–Trinajstić information content (AvgIpc) is 2.93. The molecule has 0 aliphatic carbocycles. The second kappa shape index (κ2) is 6.97. The predicted molar refractivity (Wildman–Crippen MR) is 150 cm³/mol. The molecule has 4 aliphatic rings. The van der Waals surface area contributed by atoms with E-state index in [1.54, 1.807) is 14.1 Å². The molecule has 9 rings (SSSR count). The Labute approximate surface area is 228 Å². The van der Waals surface area contributed by atoms with E-state index in [-0.39, 0.29) is 44.9 Å². The maximum absolute atomic E-state index is 13.9. The normalized spacial score (nSPS) is 24.1. The lowest BCUT2D eigenvalue weighted by Crippen LogP contribution is -2.75. The zero-order chi connectivity index (χ0) is 27.3. The molecule has 2 atom stereocenters. The van der Waals surface area contributed by atoms with Crippen LogP contribution >= 0.6 is 0 Å². The third kappa shape index (κ3) is 2.11. The van der Waals surface area contributed by atoms with E-state index >= 15 is 0 Å². The number of nitrogens with one attached hydrogen (secondary N) is 2. The van der Waals surface area contributed by atoms with E-state index in [1.165, 1.54) is 0 Å². The quantitative estimate of drug-likeness (QED) is 0.156. The summed E-state index contributed by atoms with van der Waals surface area (Å²) in [7, 11) is 3.60. The smallest absolute Gasteiger partial charge is 0.270 e. The zero-order valence-electron chi connectivity index (χ0n) is 22.1. The van der Waals surface area contributed by atoms with E-state index in [1.807, 2.05) is 48.5 Å². The topological polar surface area (TPSA) is 92.3 Å². The van der Waals surface area contributed by atoms with Gasteiger partial charge in [0.1, 0.15) is 13.1 Å². The molecule has 2 N–H and O–H groups in total. The van der Waals surface area contributed by atoms with Crippen molar-refractivity contribution in [3.63, 3.8) is 0 Å². The number of nitrogens with zero attached hydrogens (tertiary/aromatic N) is 2. The van der Waals surface area contributed by atoms with Crippen molar-refractivity contribution in [1.29, 1.82) is 0 Å². The first-order chi connectivity index (χ1) is 19.4. The number of hydrogen-bond acceptors (Lipinski definition) is 6. The number of fused-ring (bicyclic) bond motifs is 2. The van der Waals surface area contributed by atoms with Crippen LogP contribution in [0.15, 0.2) is 48.5 Å². The second-order valence-corrected chi connectivity index (χ2v) is 11.7. The highest BCUT2D eigenvalue weighted by Crippen LogP contribution is 2.49. The van der Waals surface area contributed by atoms with Crippen molar-refractivity contribution in [2.45, 2.75) is 25.2 Å². The number of benzene rings is 5. The van der Waals surface area contributed by atoms with Crippen LogP contribution in [0.5, 0.6) is 0 Å². The van der Waals surface area contributed by atoms with E-state index in [2.05, 4.69) is 10.6 Å². The van der Waals surface area contributed by atoms with Gasteiger partial charge in [0.2, 0.25) is 0 Å². The Bertz CT molecular complexity index is 1820. The van der Waals surface area contributed by atoms with Gasteiger partial charge in [0.15, 0.2) is 12.3 Å². The van der Waals surface area contributed by atoms with Gasteiger partial charge >= 0.3 is 23.6 Å². The van der Waals surface area contributed by atoms with E-state index in [4.69, 9.17) is 0 Å². The summed E-state index contributed by atoms with van der Waals surface area (Å²) in [4.78, 5) is 55.7. The molecule has 4 heterocycles. The van der Waals surface area contributed by atoms with Crippen LogP contribution in [0.4, 0.5) is 0 Å². The largest absolute Gasteiger partial charge is 0.355 e. The number of quaternary nitrogens is 2. The molecule has 2 saturated heterocycles. The van der Waals surface area contributed by atoms with Crippen LogP contribution in [0.1, 0.15) is 54.3 Å². The number of carbonyl (C=O) groups excluding carboxylic acids is 4. The fourth-order valence-corrected chi connectivity index (χ4v) is 8.38. The minimum atomic E-state index is -0.220. The Morgan fingerprint density at radius 2 is 0.800 bits per heavy atom. The molecule has 5 aromatic carbocycles. The lowest BCUT2D eigenvalue weighted by molar-refractivity contribution is -0.844. The van der Waals surface area contributed by atoms with Gasteiger partial charge in [0.05, 0.1) is 35.1 Å². The molecule has 5 aromatic rings. The first-order valence-electron chi connectivity index (χ1n) is 13.9. The summed E-state index contributed by atoms with van der Waals surface area (Å²) < 4.78 is -0.401. The molecule has 4 amide bonds. The average molecular weight is 531 g/mol. The molecule has 196 valence electrons. The minimum Gasteiger partial charge on any atom is -0.270 e. The van der Waals surface area contributed by atoms with E-state index < -0.39 is 0 Å². The molecule has 4 aliphatic heterocycles. The van der Waals surface area contributed by atoms with Gasteiger partial charge in [-0.25, -0.2) is 19.2 Å². The molecular formula is C32H26N4O4+2. The summed E-state index contributed by atoms with van der Waals surface area (Å²) in [6, 6.07) is 15.3. The molecule has 2 unspecified atom stereocenters. The fourth-order valence-electron chi connectivity index (χ4n) is 8.38. The molecule has 0 aromatic heterocycles. The van der Waals surface area contributed by atoms with Gasteiger partial charge < -0.3 is 0 Å². The third-order valence-corrected chi connectivity index (χ3v) is 10.5. The third-order valence-electron chi connectivity index (χ3n) is 10.5. The number of imide groups is 2. The molecule has 2 spiro atoms. The molecule has 0 radical (unpaired) electrons.